The van der Waals surface area contributed by atoms with E-state index in [1.54, 1.807) is 24.3 Å². The molecule has 1 heterocycles. The first kappa shape index (κ1) is 19.2. The van der Waals surface area contributed by atoms with Crippen LogP contribution in [-0.4, -0.2) is 18.4 Å². The third kappa shape index (κ3) is 4.59. The van der Waals surface area contributed by atoms with Crippen LogP contribution in [0.15, 0.2) is 48.5 Å². The minimum absolute atomic E-state index is 0.354. The molecule has 5 nitrogen and oxygen atoms in total. The molecule has 7 heteroatoms. The van der Waals surface area contributed by atoms with Gasteiger partial charge in [-0.2, -0.15) is 0 Å². The molecule has 0 saturated heterocycles. The van der Waals surface area contributed by atoms with Gasteiger partial charge < -0.3 is 4.74 Å². The third-order valence-corrected chi connectivity index (χ3v) is 5.38. The number of hydrazine groups is 1. The third-order valence-electron chi connectivity index (χ3n) is 3.71. The lowest BCUT2D eigenvalue weighted by atomic mass is 10.2. The Morgan fingerprint density at radius 3 is 2.56 bits per heavy atom. The van der Waals surface area contributed by atoms with Crippen LogP contribution in [0.3, 0.4) is 0 Å². The van der Waals surface area contributed by atoms with E-state index in [1.165, 1.54) is 11.3 Å². The Morgan fingerprint density at radius 2 is 1.81 bits per heavy atom. The van der Waals surface area contributed by atoms with Crippen LogP contribution in [0.4, 0.5) is 0 Å². The molecule has 2 N–H and O–H groups in total. The molecule has 3 rings (SSSR count). The molecule has 140 valence electrons. The topological polar surface area (TPSA) is 67.4 Å². The van der Waals surface area contributed by atoms with Crippen LogP contribution in [0.5, 0.6) is 5.75 Å². The molecular weight excluding hydrogens is 384 g/mol. The first-order valence-corrected chi connectivity index (χ1v) is 9.65. The minimum Gasteiger partial charge on any atom is -0.493 e. The summed E-state index contributed by atoms with van der Waals surface area (Å²) in [5.74, 6) is 0.0976. The van der Waals surface area contributed by atoms with Crippen molar-refractivity contribution in [1.82, 2.24) is 10.9 Å². The van der Waals surface area contributed by atoms with Crippen molar-refractivity contribution in [2.45, 2.75) is 13.8 Å². The van der Waals surface area contributed by atoms with Gasteiger partial charge in [-0.05, 0) is 30.2 Å². The van der Waals surface area contributed by atoms with E-state index in [9.17, 15) is 9.59 Å². The fourth-order valence-electron chi connectivity index (χ4n) is 2.39. The van der Waals surface area contributed by atoms with Crippen molar-refractivity contribution in [1.29, 1.82) is 0 Å². The molecule has 2 aromatic carbocycles. The van der Waals surface area contributed by atoms with Crippen molar-refractivity contribution in [3.63, 3.8) is 0 Å². The number of fused-ring (bicyclic) bond motifs is 1. The molecular formula is C20H19ClN2O3S. The smallest absolute Gasteiger partial charge is 0.281 e. The number of carbonyl (C=O) groups excluding carboxylic acids is 2. The molecule has 0 fully saturated rings. The quantitative estimate of drug-likeness (QED) is 0.609. The van der Waals surface area contributed by atoms with Crippen LogP contribution in [0.25, 0.3) is 10.1 Å². The SMILES string of the molecule is CC(C)COc1cccc(C(=O)NNC(=O)c2sc3ccccc3c2Cl)c1. The number of amides is 2. The molecule has 0 atom stereocenters. The van der Waals surface area contributed by atoms with Crippen molar-refractivity contribution in [2.75, 3.05) is 6.61 Å². The number of hydrogen-bond acceptors (Lipinski definition) is 4. The van der Waals surface area contributed by atoms with Crippen LogP contribution in [0.1, 0.15) is 33.9 Å². The van der Waals surface area contributed by atoms with E-state index < -0.39 is 11.8 Å². The first-order valence-electron chi connectivity index (χ1n) is 8.46. The first-order chi connectivity index (χ1) is 13.0. The van der Waals surface area contributed by atoms with E-state index in [0.29, 0.717) is 33.7 Å². The Balaban J connectivity index is 1.65. The van der Waals surface area contributed by atoms with Gasteiger partial charge in [0.15, 0.2) is 0 Å². The second-order valence-electron chi connectivity index (χ2n) is 6.38. The Bertz CT molecular complexity index is 984. The zero-order valence-electron chi connectivity index (χ0n) is 14.9. The Morgan fingerprint density at radius 1 is 1.07 bits per heavy atom. The van der Waals surface area contributed by atoms with Gasteiger partial charge in [-0.25, -0.2) is 0 Å². The fraction of sp³-hybridized carbons (Fsp3) is 0.200. The van der Waals surface area contributed by atoms with Crippen molar-refractivity contribution >= 4 is 44.8 Å². The summed E-state index contributed by atoms with van der Waals surface area (Å²) >= 11 is 7.56. The van der Waals surface area contributed by atoms with Crippen LogP contribution < -0.4 is 15.6 Å². The van der Waals surface area contributed by atoms with Crippen molar-refractivity contribution in [3.05, 3.63) is 64.0 Å². The average molecular weight is 403 g/mol. The van der Waals surface area contributed by atoms with Crippen molar-refractivity contribution < 1.29 is 14.3 Å². The Hall–Kier alpha value is -2.57. The van der Waals surface area contributed by atoms with Crippen LogP contribution >= 0.6 is 22.9 Å². The highest BCUT2D eigenvalue weighted by molar-refractivity contribution is 7.21. The lowest BCUT2D eigenvalue weighted by Gasteiger charge is -2.10. The largest absolute Gasteiger partial charge is 0.493 e. The number of thiophene rings is 1. The predicted octanol–water partition coefficient (Wildman–Crippen LogP) is 4.66. The van der Waals surface area contributed by atoms with E-state index in [-0.39, 0.29) is 0 Å². The zero-order valence-corrected chi connectivity index (χ0v) is 16.5. The van der Waals surface area contributed by atoms with E-state index in [1.807, 2.05) is 38.1 Å². The summed E-state index contributed by atoms with van der Waals surface area (Å²) in [6.07, 6.45) is 0. The number of ether oxygens (including phenoxy) is 1. The molecule has 0 aliphatic rings. The number of carbonyl (C=O) groups is 2. The second kappa shape index (κ2) is 8.41. The average Bonchev–Trinajstić information content (AvgIpc) is 3.01. The van der Waals surface area contributed by atoms with Crippen LogP contribution in [-0.2, 0) is 0 Å². The highest BCUT2D eigenvalue weighted by Gasteiger charge is 2.17. The second-order valence-corrected chi connectivity index (χ2v) is 7.81. The van der Waals surface area contributed by atoms with Gasteiger partial charge >= 0.3 is 0 Å². The lowest BCUT2D eigenvalue weighted by Crippen LogP contribution is -2.41. The number of halogens is 1. The highest BCUT2D eigenvalue weighted by Crippen LogP contribution is 2.34. The summed E-state index contributed by atoms with van der Waals surface area (Å²) in [5.41, 5.74) is 5.22. The van der Waals surface area contributed by atoms with E-state index in [4.69, 9.17) is 16.3 Å². The number of nitrogens with one attached hydrogen (secondary N) is 2. The maximum atomic E-state index is 12.4. The zero-order chi connectivity index (χ0) is 19.4. The van der Waals surface area contributed by atoms with Gasteiger partial charge in [0, 0.05) is 15.6 Å². The summed E-state index contributed by atoms with van der Waals surface area (Å²) < 4.78 is 6.53. The standard InChI is InChI=1S/C20H19ClN2O3S/c1-12(2)11-26-14-7-5-6-13(10-14)19(24)22-23-20(25)18-17(21)15-8-3-4-9-16(15)27-18/h3-10,12H,11H2,1-2H3,(H,22,24)(H,23,25). The summed E-state index contributed by atoms with van der Waals surface area (Å²) in [4.78, 5) is 25.1. The van der Waals surface area contributed by atoms with Gasteiger partial charge in [-0.15, -0.1) is 11.3 Å². The van der Waals surface area contributed by atoms with Crippen LogP contribution in [0, 0.1) is 5.92 Å². The predicted molar refractivity (Wildman–Crippen MR) is 109 cm³/mol. The molecule has 0 radical (unpaired) electrons. The number of rotatable bonds is 5. The van der Waals surface area contributed by atoms with Crippen LogP contribution in [0.2, 0.25) is 5.02 Å². The summed E-state index contributed by atoms with van der Waals surface area (Å²) in [6.45, 7) is 4.66. The van der Waals surface area contributed by atoms with E-state index in [2.05, 4.69) is 10.9 Å². The van der Waals surface area contributed by atoms with Gasteiger partial charge in [0.05, 0.1) is 11.6 Å². The Labute approximate surface area is 166 Å². The van der Waals surface area contributed by atoms with Gasteiger partial charge in [-0.1, -0.05) is 49.7 Å². The van der Waals surface area contributed by atoms with Gasteiger partial charge in [0.2, 0.25) is 0 Å². The van der Waals surface area contributed by atoms with Gasteiger partial charge in [0.1, 0.15) is 10.6 Å². The van der Waals surface area contributed by atoms with E-state index in [0.717, 1.165) is 10.1 Å². The molecule has 0 spiro atoms. The van der Waals surface area contributed by atoms with Crippen molar-refractivity contribution in [3.8, 4) is 5.75 Å². The lowest BCUT2D eigenvalue weighted by molar-refractivity contribution is 0.0849. The van der Waals surface area contributed by atoms with Gasteiger partial charge in [0.25, 0.3) is 11.8 Å². The number of benzene rings is 2. The summed E-state index contributed by atoms with van der Waals surface area (Å²) in [6, 6.07) is 14.3. The maximum absolute atomic E-state index is 12.4. The molecule has 0 aliphatic carbocycles. The molecule has 27 heavy (non-hydrogen) atoms. The molecule has 1 aromatic heterocycles. The normalized spacial score (nSPS) is 10.8. The monoisotopic (exact) mass is 402 g/mol. The number of hydrogen-bond donors (Lipinski definition) is 2. The summed E-state index contributed by atoms with van der Waals surface area (Å²) in [7, 11) is 0. The maximum Gasteiger partial charge on any atom is 0.281 e. The van der Waals surface area contributed by atoms with E-state index >= 15 is 0 Å². The highest BCUT2D eigenvalue weighted by atomic mass is 35.5. The fourth-order valence-corrected chi connectivity index (χ4v) is 3.80. The molecule has 0 aliphatic heterocycles. The molecule has 2 amide bonds. The van der Waals surface area contributed by atoms with Crippen molar-refractivity contribution in [2.24, 2.45) is 5.92 Å². The van der Waals surface area contributed by atoms with Gasteiger partial charge in [-0.3, -0.25) is 20.4 Å². The minimum atomic E-state index is -0.457. The molecule has 0 saturated carbocycles. The molecule has 3 aromatic rings. The Kier molecular flexibility index (Phi) is 5.98. The summed E-state index contributed by atoms with van der Waals surface area (Å²) in [5, 5.41) is 1.20. The molecule has 0 bridgehead atoms. The molecule has 0 unspecified atom stereocenters.